The van der Waals surface area contributed by atoms with Crippen LogP contribution >= 0.6 is 11.8 Å². The maximum atomic E-state index is 12.7. The van der Waals surface area contributed by atoms with E-state index in [4.69, 9.17) is 9.15 Å². The van der Waals surface area contributed by atoms with Crippen molar-refractivity contribution in [1.82, 2.24) is 9.80 Å². The van der Waals surface area contributed by atoms with Gasteiger partial charge in [0.25, 0.3) is 0 Å². The summed E-state index contributed by atoms with van der Waals surface area (Å²) in [6.45, 7) is 3.97. The fraction of sp³-hybridized carbons (Fsp3) is 0.688. The Kier molecular flexibility index (Phi) is 5.44. The second kappa shape index (κ2) is 7.53. The minimum atomic E-state index is 0.0269. The summed E-state index contributed by atoms with van der Waals surface area (Å²) in [6.07, 6.45) is 2.05. The topological polar surface area (TPSA) is 45.9 Å². The van der Waals surface area contributed by atoms with E-state index in [1.54, 1.807) is 7.11 Å². The number of nitrogens with zero attached hydrogens (tertiary/aromatic N) is 2. The molecule has 1 amide bonds. The molecule has 2 fully saturated rings. The van der Waals surface area contributed by atoms with Crippen LogP contribution in [0, 0.1) is 0 Å². The molecule has 0 unspecified atom stereocenters. The van der Waals surface area contributed by atoms with Crippen molar-refractivity contribution >= 4 is 17.7 Å². The average molecular weight is 324 g/mol. The van der Waals surface area contributed by atoms with Crippen LogP contribution in [0.25, 0.3) is 0 Å². The lowest BCUT2D eigenvalue weighted by Gasteiger charge is -2.32. The average Bonchev–Trinajstić information content (AvgIpc) is 3.18. The molecule has 0 aromatic carbocycles. The van der Waals surface area contributed by atoms with Crippen molar-refractivity contribution in [2.75, 3.05) is 38.2 Å². The summed E-state index contributed by atoms with van der Waals surface area (Å²) < 4.78 is 10.8. The van der Waals surface area contributed by atoms with Gasteiger partial charge in [-0.25, -0.2) is 0 Å². The third-order valence-corrected chi connectivity index (χ3v) is 5.28. The van der Waals surface area contributed by atoms with Gasteiger partial charge in [-0.15, -0.1) is 0 Å². The van der Waals surface area contributed by atoms with Gasteiger partial charge in [-0.05, 0) is 31.5 Å². The Balaban J connectivity index is 1.60. The van der Waals surface area contributed by atoms with Crippen LogP contribution in [0.2, 0.25) is 0 Å². The highest BCUT2D eigenvalue weighted by Gasteiger charge is 2.34. The zero-order valence-electron chi connectivity index (χ0n) is 13.1. The summed E-state index contributed by atoms with van der Waals surface area (Å²) >= 11 is 1.94. The molecule has 1 aromatic rings. The predicted molar refractivity (Wildman–Crippen MR) is 86.8 cm³/mol. The Morgan fingerprint density at radius 1 is 1.32 bits per heavy atom. The molecule has 22 heavy (non-hydrogen) atoms. The third kappa shape index (κ3) is 3.67. The Morgan fingerprint density at radius 2 is 2.09 bits per heavy atom. The van der Waals surface area contributed by atoms with Crippen LogP contribution in [-0.2, 0) is 22.7 Å². The van der Waals surface area contributed by atoms with E-state index < -0.39 is 0 Å². The van der Waals surface area contributed by atoms with E-state index >= 15 is 0 Å². The van der Waals surface area contributed by atoms with Crippen LogP contribution in [0.1, 0.15) is 24.4 Å². The molecule has 0 aliphatic carbocycles. The quantitative estimate of drug-likeness (QED) is 0.828. The van der Waals surface area contributed by atoms with Crippen molar-refractivity contribution in [3.8, 4) is 0 Å². The molecular weight excluding hydrogens is 300 g/mol. The van der Waals surface area contributed by atoms with Crippen molar-refractivity contribution in [3.05, 3.63) is 23.7 Å². The SMILES string of the molecule is COCc1ccc(CN2CCC[C@@H]2C(=O)N2CCSCC2)o1. The molecule has 5 nitrogen and oxygen atoms in total. The zero-order chi connectivity index (χ0) is 15.4. The number of carbonyl (C=O) groups excluding carboxylic acids is 1. The van der Waals surface area contributed by atoms with Crippen LogP contribution in [-0.4, -0.2) is 60.0 Å². The molecule has 1 aromatic heterocycles. The van der Waals surface area contributed by atoms with Gasteiger partial charge >= 0.3 is 0 Å². The van der Waals surface area contributed by atoms with Crippen LogP contribution in [0.5, 0.6) is 0 Å². The highest BCUT2D eigenvalue weighted by atomic mass is 32.2. The summed E-state index contributed by atoms with van der Waals surface area (Å²) in [7, 11) is 1.66. The van der Waals surface area contributed by atoms with Crippen molar-refractivity contribution in [3.63, 3.8) is 0 Å². The molecule has 2 saturated heterocycles. The number of likely N-dealkylation sites (tertiary alicyclic amines) is 1. The molecule has 2 aliphatic heterocycles. The van der Waals surface area contributed by atoms with Gasteiger partial charge in [0.2, 0.25) is 5.91 Å². The normalized spacial score (nSPS) is 23.1. The van der Waals surface area contributed by atoms with Gasteiger partial charge < -0.3 is 14.1 Å². The molecule has 2 aliphatic rings. The smallest absolute Gasteiger partial charge is 0.239 e. The summed E-state index contributed by atoms with van der Waals surface area (Å²) in [5, 5.41) is 0. The number of hydrogen-bond donors (Lipinski definition) is 0. The number of carbonyl (C=O) groups is 1. The number of methoxy groups -OCH3 is 1. The van der Waals surface area contributed by atoms with Gasteiger partial charge in [-0.1, -0.05) is 0 Å². The molecule has 1 atom stereocenters. The summed E-state index contributed by atoms with van der Waals surface area (Å²) in [5.41, 5.74) is 0. The molecule has 0 N–H and O–H groups in total. The first-order valence-corrected chi connectivity index (χ1v) is 9.10. The van der Waals surface area contributed by atoms with Crippen LogP contribution in [0.15, 0.2) is 16.5 Å². The molecule has 6 heteroatoms. The Hall–Kier alpha value is -0.980. The van der Waals surface area contributed by atoms with Crippen LogP contribution in [0.3, 0.4) is 0 Å². The van der Waals surface area contributed by atoms with E-state index in [9.17, 15) is 4.79 Å². The molecule has 0 bridgehead atoms. The zero-order valence-corrected chi connectivity index (χ0v) is 13.9. The fourth-order valence-electron chi connectivity index (χ4n) is 3.22. The summed E-state index contributed by atoms with van der Waals surface area (Å²) in [5.74, 6) is 4.20. The van der Waals surface area contributed by atoms with Crippen molar-refractivity contribution < 1.29 is 13.9 Å². The Bertz CT molecular complexity index is 499. The fourth-order valence-corrected chi connectivity index (χ4v) is 4.12. The highest BCUT2D eigenvalue weighted by Crippen LogP contribution is 2.24. The van der Waals surface area contributed by atoms with E-state index in [-0.39, 0.29) is 6.04 Å². The maximum Gasteiger partial charge on any atom is 0.239 e. The highest BCUT2D eigenvalue weighted by molar-refractivity contribution is 7.99. The third-order valence-electron chi connectivity index (χ3n) is 4.33. The monoisotopic (exact) mass is 324 g/mol. The number of hydrogen-bond acceptors (Lipinski definition) is 5. The van der Waals surface area contributed by atoms with Crippen molar-refractivity contribution in [1.29, 1.82) is 0 Å². The molecule has 3 rings (SSSR count). The minimum Gasteiger partial charge on any atom is -0.462 e. The second-order valence-electron chi connectivity index (χ2n) is 5.87. The summed E-state index contributed by atoms with van der Waals surface area (Å²) in [6, 6.07) is 3.97. The van der Waals surface area contributed by atoms with E-state index in [0.29, 0.717) is 19.1 Å². The second-order valence-corrected chi connectivity index (χ2v) is 7.09. The Morgan fingerprint density at radius 3 is 2.86 bits per heavy atom. The largest absolute Gasteiger partial charge is 0.462 e. The number of rotatable bonds is 5. The number of ether oxygens (including phenoxy) is 1. The lowest BCUT2D eigenvalue weighted by molar-refractivity contribution is -0.135. The van der Waals surface area contributed by atoms with E-state index in [2.05, 4.69) is 4.90 Å². The molecule has 0 radical (unpaired) electrons. The van der Waals surface area contributed by atoms with Gasteiger partial charge in [-0.2, -0.15) is 11.8 Å². The standard InChI is InChI=1S/C16H24N2O3S/c1-20-12-14-5-4-13(21-14)11-18-6-2-3-15(18)16(19)17-7-9-22-10-8-17/h4-5,15H,2-3,6-12H2,1H3/t15-/m1/s1. The number of thioether (sulfide) groups is 1. The first-order valence-electron chi connectivity index (χ1n) is 7.95. The van der Waals surface area contributed by atoms with Crippen LogP contribution in [0.4, 0.5) is 0 Å². The summed E-state index contributed by atoms with van der Waals surface area (Å²) in [4.78, 5) is 17.0. The Labute approximate surface area is 136 Å². The predicted octanol–water partition coefficient (Wildman–Crippen LogP) is 1.97. The van der Waals surface area contributed by atoms with Crippen molar-refractivity contribution in [2.24, 2.45) is 0 Å². The van der Waals surface area contributed by atoms with E-state index in [1.807, 2.05) is 28.8 Å². The molecular formula is C16H24N2O3S. The van der Waals surface area contributed by atoms with Gasteiger partial charge in [-0.3, -0.25) is 9.69 Å². The van der Waals surface area contributed by atoms with Crippen LogP contribution < -0.4 is 0 Å². The molecule has 122 valence electrons. The van der Waals surface area contributed by atoms with Gasteiger partial charge in [0.15, 0.2) is 0 Å². The van der Waals surface area contributed by atoms with E-state index in [1.165, 1.54) is 0 Å². The minimum absolute atomic E-state index is 0.0269. The molecule has 0 spiro atoms. The van der Waals surface area contributed by atoms with Gasteiger partial charge in [0.1, 0.15) is 18.1 Å². The van der Waals surface area contributed by atoms with Gasteiger partial charge in [0.05, 0.1) is 12.6 Å². The first-order chi connectivity index (χ1) is 10.8. The van der Waals surface area contributed by atoms with E-state index in [0.717, 1.165) is 55.5 Å². The number of amides is 1. The lowest BCUT2D eigenvalue weighted by atomic mass is 10.2. The van der Waals surface area contributed by atoms with Crippen molar-refractivity contribution in [2.45, 2.75) is 32.0 Å². The molecule has 0 saturated carbocycles. The molecule has 3 heterocycles. The first kappa shape index (κ1) is 15.9. The van der Waals surface area contributed by atoms with Gasteiger partial charge in [0, 0.05) is 31.7 Å². The number of furan rings is 1. The lowest BCUT2D eigenvalue weighted by Crippen LogP contribution is -2.48. The maximum absolute atomic E-state index is 12.7.